The second-order valence-electron chi connectivity index (χ2n) is 6.12. The van der Waals surface area contributed by atoms with Gasteiger partial charge in [-0.2, -0.15) is 0 Å². The van der Waals surface area contributed by atoms with Crippen LogP contribution in [0.2, 0.25) is 0 Å². The first kappa shape index (κ1) is 13.3. The number of ether oxygens (including phenoxy) is 1. The molecule has 0 aromatic rings. The maximum atomic E-state index is 10.3. The fraction of sp³-hybridized carbons (Fsp3) is 1.00. The van der Waals surface area contributed by atoms with Gasteiger partial charge in [0.25, 0.3) is 0 Å². The average Bonchev–Trinajstić information content (AvgIpc) is 2.28. The van der Waals surface area contributed by atoms with Crippen LogP contribution in [-0.4, -0.2) is 48.5 Å². The van der Waals surface area contributed by atoms with Crippen LogP contribution in [0.4, 0.5) is 0 Å². The zero-order chi connectivity index (χ0) is 12.4. The van der Waals surface area contributed by atoms with Crippen molar-refractivity contribution >= 4 is 0 Å². The molecule has 3 heteroatoms. The summed E-state index contributed by atoms with van der Waals surface area (Å²) in [6.07, 6.45) is 4.28. The van der Waals surface area contributed by atoms with Crippen molar-refractivity contribution in [2.75, 3.05) is 20.3 Å². The maximum Gasteiger partial charge on any atom is 0.0700 e. The number of rotatable bonds is 2. The molecule has 2 aliphatic rings. The number of hydrogen-bond acceptors (Lipinski definition) is 3. The highest BCUT2D eigenvalue weighted by molar-refractivity contribution is 4.91. The predicted octanol–water partition coefficient (Wildman–Crippen LogP) is 1.89. The van der Waals surface area contributed by atoms with Crippen LogP contribution < -0.4 is 0 Å². The van der Waals surface area contributed by atoms with E-state index in [0.717, 1.165) is 32.5 Å². The smallest absolute Gasteiger partial charge is 0.0700 e. The third kappa shape index (κ3) is 3.01. The van der Waals surface area contributed by atoms with Gasteiger partial charge < -0.3 is 9.84 Å². The van der Waals surface area contributed by atoms with Gasteiger partial charge in [0.1, 0.15) is 0 Å². The van der Waals surface area contributed by atoms with Crippen molar-refractivity contribution in [3.05, 3.63) is 0 Å². The summed E-state index contributed by atoms with van der Waals surface area (Å²) in [5.74, 6) is 1.26. The molecule has 4 unspecified atom stereocenters. The second-order valence-corrected chi connectivity index (χ2v) is 6.12. The van der Waals surface area contributed by atoms with Gasteiger partial charge in [0.05, 0.1) is 6.10 Å². The Morgan fingerprint density at radius 1 is 1.12 bits per heavy atom. The Morgan fingerprint density at radius 3 is 2.35 bits per heavy atom. The van der Waals surface area contributed by atoms with Gasteiger partial charge >= 0.3 is 0 Å². The highest BCUT2D eigenvalue weighted by Crippen LogP contribution is 2.33. The van der Waals surface area contributed by atoms with E-state index >= 15 is 0 Å². The zero-order valence-corrected chi connectivity index (χ0v) is 11.4. The number of nitrogens with zero attached hydrogens (tertiary/aromatic N) is 1. The van der Waals surface area contributed by atoms with Crippen molar-refractivity contribution < 1.29 is 9.84 Å². The fourth-order valence-corrected chi connectivity index (χ4v) is 3.81. The summed E-state index contributed by atoms with van der Waals surface area (Å²) in [5.41, 5.74) is 0. The quantitative estimate of drug-likeness (QED) is 0.801. The third-order valence-electron chi connectivity index (χ3n) is 4.63. The first-order valence-corrected chi connectivity index (χ1v) is 7.07. The van der Waals surface area contributed by atoms with Crippen LogP contribution in [0, 0.1) is 11.8 Å². The molecule has 2 rings (SSSR count). The van der Waals surface area contributed by atoms with E-state index in [1.54, 1.807) is 0 Å². The highest BCUT2D eigenvalue weighted by atomic mass is 16.5. The van der Waals surface area contributed by atoms with Crippen molar-refractivity contribution in [1.82, 2.24) is 4.90 Å². The Morgan fingerprint density at radius 2 is 1.76 bits per heavy atom. The lowest BCUT2D eigenvalue weighted by atomic mass is 9.76. The molecule has 0 radical (unpaired) electrons. The van der Waals surface area contributed by atoms with Gasteiger partial charge in [0.15, 0.2) is 0 Å². The Balaban J connectivity index is 1.98. The minimum absolute atomic E-state index is 0.151. The summed E-state index contributed by atoms with van der Waals surface area (Å²) in [7, 11) is 2.19. The normalized spacial score (nSPS) is 40.8. The topological polar surface area (TPSA) is 32.7 Å². The molecular weight excluding hydrogens is 214 g/mol. The van der Waals surface area contributed by atoms with Crippen LogP contribution in [0.3, 0.4) is 0 Å². The Kier molecular flexibility index (Phi) is 4.45. The van der Waals surface area contributed by atoms with Gasteiger partial charge in [-0.25, -0.2) is 0 Å². The van der Waals surface area contributed by atoms with Crippen LogP contribution in [-0.2, 0) is 4.74 Å². The SMILES string of the molecule is CC1CC(C)C(N(C)C2CCOCC2)C(O)C1. The van der Waals surface area contributed by atoms with Crippen molar-refractivity contribution in [2.24, 2.45) is 11.8 Å². The lowest BCUT2D eigenvalue weighted by molar-refractivity contribution is -0.0517. The molecule has 2 fully saturated rings. The van der Waals surface area contributed by atoms with Crippen molar-refractivity contribution in [3.8, 4) is 0 Å². The first-order chi connectivity index (χ1) is 8.09. The standard InChI is InChI=1S/C14H27NO2/c1-10-8-11(2)14(13(16)9-10)15(3)12-4-6-17-7-5-12/h10-14,16H,4-9H2,1-3H3. The van der Waals surface area contributed by atoms with E-state index in [2.05, 4.69) is 25.8 Å². The largest absolute Gasteiger partial charge is 0.391 e. The van der Waals surface area contributed by atoms with Gasteiger partial charge in [-0.3, -0.25) is 4.90 Å². The van der Waals surface area contributed by atoms with E-state index in [-0.39, 0.29) is 6.10 Å². The molecular formula is C14H27NO2. The summed E-state index contributed by atoms with van der Waals surface area (Å²) in [6.45, 7) is 6.30. The number of aliphatic hydroxyl groups is 1. The molecule has 1 saturated heterocycles. The highest BCUT2D eigenvalue weighted by Gasteiger charge is 2.37. The Bertz CT molecular complexity index is 228. The van der Waals surface area contributed by atoms with E-state index in [1.165, 1.54) is 6.42 Å². The number of likely N-dealkylation sites (N-methyl/N-ethyl adjacent to an activating group) is 1. The molecule has 0 amide bonds. The number of aliphatic hydroxyl groups excluding tert-OH is 1. The molecule has 1 N–H and O–H groups in total. The summed E-state index contributed by atoms with van der Waals surface area (Å²) in [6, 6.07) is 0.938. The van der Waals surface area contributed by atoms with Gasteiger partial charge in [-0.1, -0.05) is 13.8 Å². The molecule has 0 aromatic carbocycles. The molecule has 0 aromatic heterocycles. The average molecular weight is 241 g/mol. The van der Waals surface area contributed by atoms with Crippen LogP contribution in [0.25, 0.3) is 0 Å². The Labute approximate surface area is 105 Å². The van der Waals surface area contributed by atoms with E-state index in [4.69, 9.17) is 4.74 Å². The molecule has 1 saturated carbocycles. The summed E-state index contributed by atoms with van der Waals surface area (Å²) in [5, 5.41) is 10.3. The summed E-state index contributed by atoms with van der Waals surface area (Å²) < 4.78 is 5.42. The Hall–Kier alpha value is -0.120. The minimum Gasteiger partial charge on any atom is -0.391 e. The molecule has 100 valence electrons. The van der Waals surface area contributed by atoms with E-state index in [0.29, 0.717) is 23.9 Å². The van der Waals surface area contributed by atoms with Gasteiger partial charge in [-0.05, 0) is 44.6 Å². The predicted molar refractivity (Wildman–Crippen MR) is 69.0 cm³/mol. The molecule has 1 heterocycles. The van der Waals surface area contributed by atoms with Crippen LogP contribution >= 0.6 is 0 Å². The third-order valence-corrected chi connectivity index (χ3v) is 4.63. The molecule has 4 atom stereocenters. The summed E-state index contributed by atoms with van der Waals surface area (Å²) >= 11 is 0. The minimum atomic E-state index is -0.151. The second kappa shape index (κ2) is 5.68. The zero-order valence-electron chi connectivity index (χ0n) is 11.4. The lowest BCUT2D eigenvalue weighted by Crippen LogP contribution is -2.54. The molecule has 3 nitrogen and oxygen atoms in total. The molecule has 1 aliphatic carbocycles. The van der Waals surface area contributed by atoms with E-state index in [9.17, 15) is 5.11 Å². The van der Waals surface area contributed by atoms with Crippen LogP contribution in [0.5, 0.6) is 0 Å². The molecule has 1 aliphatic heterocycles. The molecule has 0 bridgehead atoms. The summed E-state index contributed by atoms with van der Waals surface area (Å²) in [4.78, 5) is 2.43. The maximum absolute atomic E-state index is 10.3. The first-order valence-electron chi connectivity index (χ1n) is 7.07. The van der Waals surface area contributed by atoms with Crippen LogP contribution in [0.1, 0.15) is 39.5 Å². The van der Waals surface area contributed by atoms with E-state index in [1.807, 2.05) is 0 Å². The van der Waals surface area contributed by atoms with Crippen LogP contribution in [0.15, 0.2) is 0 Å². The fourth-order valence-electron chi connectivity index (χ4n) is 3.81. The lowest BCUT2D eigenvalue weighted by Gasteiger charge is -2.46. The van der Waals surface area contributed by atoms with Crippen molar-refractivity contribution in [3.63, 3.8) is 0 Å². The van der Waals surface area contributed by atoms with Gasteiger partial charge in [0.2, 0.25) is 0 Å². The van der Waals surface area contributed by atoms with Gasteiger partial charge in [0, 0.05) is 25.3 Å². The van der Waals surface area contributed by atoms with Gasteiger partial charge in [-0.15, -0.1) is 0 Å². The van der Waals surface area contributed by atoms with Crippen molar-refractivity contribution in [1.29, 1.82) is 0 Å². The molecule has 17 heavy (non-hydrogen) atoms. The number of hydrogen-bond donors (Lipinski definition) is 1. The van der Waals surface area contributed by atoms with E-state index < -0.39 is 0 Å². The van der Waals surface area contributed by atoms with Crippen molar-refractivity contribution in [2.45, 2.75) is 57.7 Å². The monoisotopic (exact) mass is 241 g/mol. The molecule has 0 spiro atoms.